The molecule has 0 radical (unpaired) electrons. The molecule has 9 heteroatoms. The molecule has 2 heterocycles. The molecule has 0 bridgehead atoms. The third kappa shape index (κ3) is 5.91. The summed E-state index contributed by atoms with van der Waals surface area (Å²) in [6.07, 6.45) is -2.28. The molecular formula is C23H29F3N4O2. The summed E-state index contributed by atoms with van der Waals surface area (Å²) < 4.78 is 43.4. The fraction of sp³-hybridized carbons (Fsp3) is 0.478. The zero-order valence-corrected chi connectivity index (χ0v) is 18.5. The minimum Gasteiger partial charge on any atom is -0.497 e. The number of aromatic nitrogens is 1. The van der Waals surface area contributed by atoms with Crippen LogP contribution in [0.5, 0.6) is 5.75 Å². The number of nitrogens with one attached hydrogen (secondary N) is 1. The van der Waals surface area contributed by atoms with Crippen LogP contribution in [0.25, 0.3) is 0 Å². The number of carbonyl (C=O) groups is 1. The molecular weight excluding hydrogens is 421 g/mol. The van der Waals surface area contributed by atoms with Gasteiger partial charge in [-0.3, -0.25) is 4.79 Å². The van der Waals surface area contributed by atoms with Crippen LogP contribution >= 0.6 is 0 Å². The second-order valence-electron chi connectivity index (χ2n) is 8.16. The highest BCUT2D eigenvalue weighted by Gasteiger charge is 2.31. The maximum atomic E-state index is 12.7. The average Bonchev–Trinajstić information content (AvgIpc) is 2.79. The van der Waals surface area contributed by atoms with Crippen molar-refractivity contribution < 1.29 is 22.7 Å². The quantitative estimate of drug-likeness (QED) is 0.697. The molecule has 0 unspecified atom stereocenters. The molecule has 1 saturated heterocycles. The number of anilines is 1. The molecule has 2 aromatic rings. The standard InChI is InChI=1S/C23H29F3N4O2/c1-29(2)20(16-4-7-19(32-3)8-5-16)15-28-22(31)17-10-12-30(13-11-17)21-9-6-18(14-27-21)23(24,25)26/h4-9,14,17,20H,10-13,15H2,1-3H3,(H,28,31)/t20-/m1/s1. The van der Waals surface area contributed by atoms with Gasteiger partial charge in [0.1, 0.15) is 11.6 Å². The molecule has 1 aromatic carbocycles. The molecule has 0 spiro atoms. The van der Waals surface area contributed by atoms with Gasteiger partial charge >= 0.3 is 6.18 Å². The Labute approximate surface area is 186 Å². The van der Waals surface area contributed by atoms with Crippen molar-refractivity contribution in [2.45, 2.75) is 25.1 Å². The van der Waals surface area contributed by atoms with Crippen LogP contribution < -0.4 is 15.0 Å². The van der Waals surface area contributed by atoms with E-state index in [-0.39, 0.29) is 17.9 Å². The van der Waals surface area contributed by atoms with Crippen LogP contribution in [0.1, 0.15) is 30.0 Å². The lowest BCUT2D eigenvalue weighted by Gasteiger charge is -2.33. The van der Waals surface area contributed by atoms with Crippen molar-refractivity contribution in [1.29, 1.82) is 0 Å². The number of hydrogen-bond donors (Lipinski definition) is 1. The summed E-state index contributed by atoms with van der Waals surface area (Å²) in [4.78, 5) is 20.7. The minimum atomic E-state index is -4.40. The van der Waals surface area contributed by atoms with Crippen LogP contribution in [-0.2, 0) is 11.0 Å². The van der Waals surface area contributed by atoms with E-state index in [1.165, 1.54) is 6.07 Å². The van der Waals surface area contributed by atoms with Gasteiger partial charge in [-0.05, 0) is 56.8 Å². The topological polar surface area (TPSA) is 57.7 Å². The molecule has 1 aromatic heterocycles. The Hall–Kier alpha value is -2.81. The SMILES string of the molecule is COc1ccc([C@@H](CNC(=O)C2CCN(c3ccc(C(F)(F)F)cn3)CC2)N(C)C)cc1. The number of halogens is 3. The average molecular weight is 451 g/mol. The summed E-state index contributed by atoms with van der Waals surface area (Å²) >= 11 is 0. The molecule has 1 N–H and O–H groups in total. The van der Waals surface area contributed by atoms with E-state index in [0.29, 0.717) is 38.3 Å². The number of pyridine rings is 1. The third-order valence-corrected chi connectivity index (χ3v) is 5.86. The van der Waals surface area contributed by atoms with Crippen LogP contribution in [0.2, 0.25) is 0 Å². The van der Waals surface area contributed by atoms with E-state index in [9.17, 15) is 18.0 Å². The monoisotopic (exact) mass is 450 g/mol. The van der Waals surface area contributed by atoms with Crippen LogP contribution in [-0.4, -0.2) is 56.6 Å². The first-order chi connectivity index (χ1) is 15.2. The number of benzene rings is 1. The molecule has 0 saturated carbocycles. The highest BCUT2D eigenvalue weighted by atomic mass is 19.4. The number of likely N-dealkylation sites (N-methyl/N-ethyl adjacent to an activating group) is 1. The third-order valence-electron chi connectivity index (χ3n) is 5.86. The van der Waals surface area contributed by atoms with Gasteiger partial charge in [-0.1, -0.05) is 12.1 Å². The number of carbonyl (C=O) groups excluding carboxylic acids is 1. The van der Waals surface area contributed by atoms with E-state index in [0.717, 1.165) is 23.6 Å². The number of hydrogen-bond acceptors (Lipinski definition) is 5. The molecule has 32 heavy (non-hydrogen) atoms. The molecule has 3 rings (SSSR count). The zero-order valence-electron chi connectivity index (χ0n) is 18.5. The second kappa shape index (κ2) is 10.2. The number of piperidine rings is 1. The Morgan fingerprint density at radius 3 is 2.34 bits per heavy atom. The summed E-state index contributed by atoms with van der Waals surface area (Å²) in [5, 5.41) is 3.07. The zero-order chi connectivity index (χ0) is 23.3. The highest BCUT2D eigenvalue weighted by molar-refractivity contribution is 5.79. The number of methoxy groups -OCH3 is 1. The molecule has 1 fully saturated rings. The first-order valence-corrected chi connectivity index (χ1v) is 10.6. The lowest BCUT2D eigenvalue weighted by molar-refractivity contribution is -0.137. The Bertz CT molecular complexity index is 878. The van der Waals surface area contributed by atoms with Gasteiger partial charge in [-0.15, -0.1) is 0 Å². The molecule has 1 atom stereocenters. The van der Waals surface area contributed by atoms with Crippen molar-refractivity contribution in [2.75, 3.05) is 45.7 Å². The number of alkyl halides is 3. The van der Waals surface area contributed by atoms with Crippen molar-refractivity contribution in [3.8, 4) is 5.75 Å². The number of rotatable bonds is 7. The van der Waals surface area contributed by atoms with Crippen molar-refractivity contribution in [1.82, 2.24) is 15.2 Å². The van der Waals surface area contributed by atoms with Gasteiger partial charge in [0.15, 0.2) is 0 Å². The van der Waals surface area contributed by atoms with Crippen molar-refractivity contribution in [3.63, 3.8) is 0 Å². The van der Waals surface area contributed by atoms with Gasteiger partial charge in [-0.25, -0.2) is 4.98 Å². The second-order valence-corrected chi connectivity index (χ2v) is 8.16. The predicted molar refractivity (Wildman–Crippen MR) is 117 cm³/mol. The summed E-state index contributed by atoms with van der Waals surface area (Å²) in [6, 6.07) is 10.2. The summed E-state index contributed by atoms with van der Waals surface area (Å²) in [5.41, 5.74) is 0.321. The normalized spacial score (nSPS) is 16.2. The molecule has 0 aliphatic carbocycles. The van der Waals surface area contributed by atoms with Gasteiger partial charge in [0.2, 0.25) is 5.91 Å². The molecule has 6 nitrogen and oxygen atoms in total. The lowest BCUT2D eigenvalue weighted by Crippen LogP contribution is -2.43. The Morgan fingerprint density at radius 2 is 1.84 bits per heavy atom. The fourth-order valence-electron chi connectivity index (χ4n) is 3.88. The van der Waals surface area contributed by atoms with Crippen LogP contribution in [0.4, 0.5) is 19.0 Å². The maximum Gasteiger partial charge on any atom is 0.417 e. The molecule has 174 valence electrons. The largest absolute Gasteiger partial charge is 0.497 e. The number of nitrogens with zero attached hydrogens (tertiary/aromatic N) is 3. The van der Waals surface area contributed by atoms with E-state index in [2.05, 4.69) is 15.2 Å². The van der Waals surface area contributed by atoms with E-state index in [4.69, 9.17) is 4.74 Å². The smallest absolute Gasteiger partial charge is 0.417 e. The van der Waals surface area contributed by atoms with E-state index >= 15 is 0 Å². The summed E-state index contributed by atoms with van der Waals surface area (Å²) in [7, 11) is 5.56. The Kier molecular flexibility index (Phi) is 7.60. The van der Waals surface area contributed by atoms with Crippen LogP contribution in [0.15, 0.2) is 42.6 Å². The fourth-order valence-corrected chi connectivity index (χ4v) is 3.88. The molecule has 1 aliphatic heterocycles. The first kappa shape index (κ1) is 23.8. The van der Waals surface area contributed by atoms with Crippen LogP contribution in [0, 0.1) is 5.92 Å². The van der Waals surface area contributed by atoms with E-state index in [1.807, 2.05) is 43.3 Å². The first-order valence-electron chi connectivity index (χ1n) is 10.6. The van der Waals surface area contributed by atoms with Crippen molar-refractivity contribution in [2.24, 2.45) is 5.92 Å². The minimum absolute atomic E-state index is 0.00499. The van der Waals surface area contributed by atoms with E-state index in [1.54, 1.807) is 7.11 Å². The highest BCUT2D eigenvalue weighted by Crippen LogP contribution is 2.30. The lowest BCUT2D eigenvalue weighted by atomic mass is 9.95. The van der Waals surface area contributed by atoms with Gasteiger partial charge in [0.25, 0.3) is 0 Å². The Morgan fingerprint density at radius 1 is 1.19 bits per heavy atom. The molecule has 1 aliphatic rings. The van der Waals surface area contributed by atoms with Crippen LogP contribution in [0.3, 0.4) is 0 Å². The van der Waals surface area contributed by atoms with Gasteiger partial charge in [-0.2, -0.15) is 13.2 Å². The Balaban J connectivity index is 1.52. The maximum absolute atomic E-state index is 12.7. The number of ether oxygens (including phenoxy) is 1. The number of amides is 1. The summed E-state index contributed by atoms with van der Waals surface area (Å²) in [5.74, 6) is 1.17. The van der Waals surface area contributed by atoms with Gasteiger partial charge in [0, 0.05) is 31.7 Å². The van der Waals surface area contributed by atoms with E-state index < -0.39 is 11.7 Å². The van der Waals surface area contributed by atoms with Gasteiger partial charge < -0.3 is 19.9 Å². The predicted octanol–water partition coefficient (Wildman–Crippen LogP) is 3.74. The summed E-state index contributed by atoms with van der Waals surface area (Å²) in [6.45, 7) is 1.64. The van der Waals surface area contributed by atoms with Crippen molar-refractivity contribution >= 4 is 11.7 Å². The van der Waals surface area contributed by atoms with Crippen molar-refractivity contribution in [3.05, 3.63) is 53.7 Å². The van der Waals surface area contributed by atoms with Gasteiger partial charge in [0.05, 0.1) is 18.7 Å². The molecule has 1 amide bonds.